The Bertz CT molecular complexity index is 394. The summed E-state index contributed by atoms with van der Waals surface area (Å²) in [4.78, 5) is 4.38. The van der Waals surface area contributed by atoms with Gasteiger partial charge in [0.05, 0.1) is 5.60 Å². The largest absolute Gasteiger partial charge is 0.363 e. The number of hydrogen-bond donors (Lipinski definition) is 1. The Morgan fingerprint density at radius 2 is 2.12 bits per heavy atom. The second-order valence-electron chi connectivity index (χ2n) is 5.41. The fourth-order valence-corrected chi connectivity index (χ4v) is 1.78. The van der Waals surface area contributed by atoms with Gasteiger partial charge in [0, 0.05) is 18.5 Å². The molecular formula is C11H17N3O2. The highest BCUT2D eigenvalue weighted by molar-refractivity contribution is 5.14. The van der Waals surface area contributed by atoms with Crippen LogP contribution in [-0.2, 0) is 16.8 Å². The molecule has 1 aliphatic carbocycles. The number of aromatic nitrogens is 2. The summed E-state index contributed by atoms with van der Waals surface area (Å²) < 4.78 is 10.9. The van der Waals surface area contributed by atoms with Crippen molar-refractivity contribution in [1.82, 2.24) is 15.5 Å². The van der Waals surface area contributed by atoms with Crippen molar-refractivity contribution in [3.8, 4) is 0 Å². The Hall–Kier alpha value is -0.940. The Kier molecular flexibility index (Phi) is 2.09. The molecule has 0 unspecified atom stereocenters. The zero-order valence-electron chi connectivity index (χ0n) is 9.75. The van der Waals surface area contributed by atoms with E-state index in [9.17, 15) is 0 Å². The molecule has 88 valence electrons. The van der Waals surface area contributed by atoms with Crippen molar-refractivity contribution in [1.29, 1.82) is 0 Å². The maximum Gasteiger partial charge on any atom is 0.252 e. The van der Waals surface area contributed by atoms with Crippen LogP contribution >= 0.6 is 0 Å². The molecule has 1 aromatic rings. The van der Waals surface area contributed by atoms with E-state index in [2.05, 4.69) is 29.3 Å². The van der Waals surface area contributed by atoms with Crippen LogP contribution < -0.4 is 5.32 Å². The van der Waals surface area contributed by atoms with Gasteiger partial charge in [0.25, 0.3) is 5.89 Å². The van der Waals surface area contributed by atoms with E-state index < -0.39 is 0 Å². The molecule has 1 saturated heterocycles. The zero-order chi connectivity index (χ0) is 11.2. The molecule has 0 atom stereocenters. The number of rotatable bonds is 4. The van der Waals surface area contributed by atoms with E-state index in [0.717, 1.165) is 31.8 Å². The Morgan fingerprint density at radius 3 is 2.69 bits per heavy atom. The van der Waals surface area contributed by atoms with Crippen molar-refractivity contribution in [3.05, 3.63) is 11.7 Å². The van der Waals surface area contributed by atoms with E-state index in [-0.39, 0.29) is 11.0 Å². The molecule has 0 amide bonds. The third-order valence-corrected chi connectivity index (χ3v) is 3.55. The lowest BCUT2D eigenvalue weighted by atomic mass is 10.0. The first-order valence-electron chi connectivity index (χ1n) is 5.78. The quantitative estimate of drug-likeness (QED) is 0.825. The molecule has 1 N–H and O–H groups in total. The van der Waals surface area contributed by atoms with Crippen LogP contribution in [0.5, 0.6) is 0 Å². The summed E-state index contributed by atoms with van der Waals surface area (Å²) in [6.45, 7) is 6.46. The lowest BCUT2D eigenvalue weighted by Crippen LogP contribution is -2.58. The van der Waals surface area contributed by atoms with Gasteiger partial charge in [-0.1, -0.05) is 12.1 Å². The van der Waals surface area contributed by atoms with Gasteiger partial charge in [-0.2, -0.15) is 4.98 Å². The van der Waals surface area contributed by atoms with Crippen LogP contribution in [0.3, 0.4) is 0 Å². The second kappa shape index (κ2) is 3.28. The van der Waals surface area contributed by atoms with Gasteiger partial charge in [-0.3, -0.25) is 0 Å². The van der Waals surface area contributed by atoms with E-state index >= 15 is 0 Å². The summed E-state index contributed by atoms with van der Waals surface area (Å²) in [5.74, 6) is 1.43. The van der Waals surface area contributed by atoms with E-state index in [1.54, 1.807) is 0 Å². The first-order valence-corrected chi connectivity index (χ1v) is 5.78. The van der Waals surface area contributed by atoms with Crippen LogP contribution in [0.25, 0.3) is 0 Å². The molecule has 1 saturated carbocycles. The van der Waals surface area contributed by atoms with Crippen LogP contribution in [0.1, 0.15) is 38.4 Å². The molecule has 0 aromatic carbocycles. The van der Waals surface area contributed by atoms with Crippen LogP contribution in [0.2, 0.25) is 0 Å². The van der Waals surface area contributed by atoms with E-state index in [1.807, 2.05) is 0 Å². The van der Waals surface area contributed by atoms with Crippen LogP contribution in [0.15, 0.2) is 4.52 Å². The molecular weight excluding hydrogens is 206 g/mol. The highest BCUT2D eigenvalue weighted by Gasteiger charge is 2.43. The van der Waals surface area contributed by atoms with Gasteiger partial charge in [-0.05, 0) is 19.8 Å². The van der Waals surface area contributed by atoms with Crippen molar-refractivity contribution < 1.29 is 9.26 Å². The monoisotopic (exact) mass is 223 g/mol. The first-order chi connectivity index (χ1) is 7.60. The van der Waals surface area contributed by atoms with Gasteiger partial charge >= 0.3 is 0 Å². The van der Waals surface area contributed by atoms with E-state index in [0.29, 0.717) is 12.5 Å². The normalized spacial score (nSPS) is 25.1. The predicted octanol–water partition coefficient (Wildman–Crippen LogP) is 1.000. The molecule has 5 heteroatoms. The van der Waals surface area contributed by atoms with Crippen molar-refractivity contribution in [3.63, 3.8) is 0 Å². The van der Waals surface area contributed by atoms with Crippen molar-refractivity contribution >= 4 is 0 Å². The summed E-state index contributed by atoms with van der Waals surface area (Å²) >= 11 is 0. The number of nitrogens with one attached hydrogen (secondary N) is 1. The van der Waals surface area contributed by atoms with Gasteiger partial charge < -0.3 is 14.6 Å². The molecule has 1 aliphatic heterocycles. The Morgan fingerprint density at radius 1 is 1.38 bits per heavy atom. The molecule has 5 nitrogen and oxygen atoms in total. The number of nitrogens with zero attached hydrogens (tertiary/aromatic N) is 2. The molecule has 0 spiro atoms. The first kappa shape index (κ1) is 10.2. The van der Waals surface area contributed by atoms with Crippen LogP contribution in [0.4, 0.5) is 0 Å². The fraction of sp³-hybridized carbons (Fsp3) is 0.818. The average molecular weight is 223 g/mol. The molecule has 0 bridgehead atoms. The average Bonchev–Trinajstić information content (AvgIpc) is 2.81. The van der Waals surface area contributed by atoms with Gasteiger partial charge in [0.2, 0.25) is 0 Å². The molecule has 3 rings (SSSR count). The van der Waals surface area contributed by atoms with E-state index in [1.165, 1.54) is 0 Å². The molecule has 0 radical (unpaired) electrons. The Labute approximate surface area is 94.6 Å². The lowest BCUT2D eigenvalue weighted by Gasteiger charge is -2.38. The fourth-order valence-electron chi connectivity index (χ4n) is 1.78. The zero-order valence-corrected chi connectivity index (χ0v) is 9.75. The van der Waals surface area contributed by atoms with Crippen LogP contribution in [0, 0.1) is 0 Å². The summed E-state index contributed by atoms with van der Waals surface area (Å²) in [6, 6.07) is 0. The van der Waals surface area contributed by atoms with Gasteiger partial charge in [0.1, 0.15) is 6.61 Å². The highest BCUT2D eigenvalue weighted by Crippen LogP contribution is 2.45. The third kappa shape index (κ3) is 1.74. The molecule has 2 aliphatic rings. The minimum absolute atomic E-state index is 0.0574. The van der Waals surface area contributed by atoms with E-state index in [4.69, 9.17) is 9.26 Å². The molecule has 2 fully saturated rings. The standard InChI is InChI=1S/C11H17N3O2/c1-10(3-4-10)9-13-8(16-14-9)5-15-11(2)6-12-7-11/h12H,3-7H2,1-2H3. The SMILES string of the molecule is CC1(OCc2nc(C3(C)CC3)no2)CNC1. The molecule has 2 heterocycles. The summed E-state index contributed by atoms with van der Waals surface area (Å²) in [5.41, 5.74) is 0.113. The minimum Gasteiger partial charge on any atom is -0.363 e. The maximum absolute atomic E-state index is 5.74. The van der Waals surface area contributed by atoms with Gasteiger partial charge in [-0.25, -0.2) is 0 Å². The Balaban J connectivity index is 1.60. The summed E-state index contributed by atoms with van der Waals surface area (Å²) in [6.07, 6.45) is 2.32. The van der Waals surface area contributed by atoms with Crippen LogP contribution in [-0.4, -0.2) is 28.8 Å². The molecule has 1 aromatic heterocycles. The van der Waals surface area contributed by atoms with Crippen molar-refractivity contribution in [2.24, 2.45) is 0 Å². The van der Waals surface area contributed by atoms with Crippen molar-refractivity contribution in [2.75, 3.05) is 13.1 Å². The van der Waals surface area contributed by atoms with Crippen molar-refractivity contribution in [2.45, 2.75) is 44.3 Å². The topological polar surface area (TPSA) is 60.2 Å². The summed E-state index contributed by atoms with van der Waals surface area (Å²) in [5, 5.41) is 7.20. The summed E-state index contributed by atoms with van der Waals surface area (Å²) in [7, 11) is 0. The number of hydrogen-bond acceptors (Lipinski definition) is 5. The highest BCUT2D eigenvalue weighted by atomic mass is 16.5. The van der Waals surface area contributed by atoms with Gasteiger partial charge in [0.15, 0.2) is 5.82 Å². The third-order valence-electron chi connectivity index (χ3n) is 3.55. The smallest absolute Gasteiger partial charge is 0.252 e. The lowest BCUT2D eigenvalue weighted by molar-refractivity contribution is -0.0841. The minimum atomic E-state index is -0.0574. The maximum atomic E-state index is 5.74. The predicted molar refractivity (Wildman–Crippen MR) is 56.9 cm³/mol. The number of ether oxygens (including phenoxy) is 1. The molecule has 16 heavy (non-hydrogen) atoms. The van der Waals surface area contributed by atoms with Gasteiger partial charge in [-0.15, -0.1) is 0 Å². The second-order valence-corrected chi connectivity index (χ2v) is 5.41.